The van der Waals surface area contributed by atoms with Gasteiger partial charge in [-0.25, -0.2) is 0 Å². The van der Waals surface area contributed by atoms with Crippen LogP contribution >= 0.6 is 11.3 Å². The molecule has 1 aromatic heterocycles. The van der Waals surface area contributed by atoms with E-state index >= 15 is 0 Å². The molecule has 0 saturated carbocycles. The van der Waals surface area contributed by atoms with Crippen molar-refractivity contribution in [3.63, 3.8) is 0 Å². The van der Waals surface area contributed by atoms with E-state index in [0.29, 0.717) is 11.4 Å². The minimum atomic E-state index is 0.411. The molecule has 0 radical (unpaired) electrons. The lowest BCUT2D eigenvalue weighted by atomic mass is 9.89. The molecule has 0 amide bonds. The van der Waals surface area contributed by atoms with Crippen molar-refractivity contribution in [2.75, 3.05) is 10.3 Å². The van der Waals surface area contributed by atoms with Crippen LogP contribution in [0.1, 0.15) is 11.1 Å². The number of hydrogen-bond acceptors (Lipinski definition) is 5. The number of allylic oxidation sites excluding steroid dienone is 1. The number of rotatable bonds is 5. The van der Waals surface area contributed by atoms with E-state index in [4.69, 9.17) is 5.41 Å². The number of fused-ring (bicyclic) bond motifs is 6. The standard InChI is InChI=1S/C38H26N4S/c39-38-34(41-40-27-9-3-1-4-10-27)22-17-25-15-16-26-23-29(18-20-31(26)37(25)38)42(28-11-5-2-6-12-28)30-19-21-33-32-13-7-8-14-35(32)43-36(33)24-30/h1-24,39-40H/b39-38?,41-34-. The van der Waals surface area contributed by atoms with Gasteiger partial charge in [-0.15, -0.1) is 11.3 Å². The molecule has 0 saturated heterocycles. The fourth-order valence-electron chi connectivity index (χ4n) is 5.88. The van der Waals surface area contributed by atoms with E-state index in [9.17, 15) is 0 Å². The molecule has 5 heteroatoms. The summed E-state index contributed by atoms with van der Waals surface area (Å²) in [5.41, 5.74) is 10.2. The SMILES string of the molecule is N=C1/C(=N\Nc2ccccc2)C=Cc2ccc3cc(N(c4ccccc4)c4ccc5c(c4)sc4ccccc45)ccc3c21. The van der Waals surface area contributed by atoms with Gasteiger partial charge >= 0.3 is 0 Å². The highest BCUT2D eigenvalue weighted by atomic mass is 32.1. The summed E-state index contributed by atoms with van der Waals surface area (Å²) in [7, 11) is 0. The summed E-state index contributed by atoms with van der Waals surface area (Å²) in [6, 6.07) is 46.5. The number of nitrogens with one attached hydrogen (secondary N) is 2. The molecule has 0 spiro atoms. The second kappa shape index (κ2) is 10.4. The zero-order valence-corrected chi connectivity index (χ0v) is 24.0. The van der Waals surface area contributed by atoms with Crippen molar-refractivity contribution in [3.05, 3.63) is 151 Å². The van der Waals surface area contributed by atoms with E-state index in [1.54, 1.807) is 0 Å². The van der Waals surface area contributed by atoms with Gasteiger partial charge < -0.3 is 4.90 Å². The van der Waals surface area contributed by atoms with Gasteiger partial charge in [-0.2, -0.15) is 5.10 Å². The average molecular weight is 571 g/mol. The van der Waals surface area contributed by atoms with Crippen molar-refractivity contribution in [3.8, 4) is 0 Å². The maximum Gasteiger partial charge on any atom is 0.109 e. The number of anilines is 4. The Hall–Kier alpha value is -5.52. The lowest BCUT2D eigenvalue weighted by Crippen LogP contribution is -2.19. The van der Waals surface area contributed by atoms with Crippen molar-refractivity contribution >= 4 is 82.5 Å². The molecule has 6 aromatic carbocycles. The Morgan fingerprint density at radius 1 is 0.581 bits per heavy atom. The van der Waals surface area contributed by atoms with Crippen molar-refractivity contribution in [2.24, 2.45) is 5.10 Å². The van der Waals surface area contributed by atoms with Crippen LogP contribution in [0.5, 0.6) is 0 Å². The van der Waals surface area contributed by atoms with E-state index in [-0.39, 0.29) is 0 Å². The van der Waals surface area contributed by atoms with E-state index in [1.807, 2.05) is 53.8 Å². The normalized spacial score (nSPS) is 13.6. The van der Waals surface area contributed by atoms with Gasteiger partial charge in [-0.3, -0.25) is 10.8 Å². The summed E-state index contributed by atoms with van der Waals surface area (Å²) in [5, 5.41) is 18.3. The Kier molecular flexibility index (Phi) is 6.09. The number of hydrazone groups is 1. The van der Waals surface area contributed by atoms with Crippen LogP contribution in [0.15, 0.2) is 145 Å². The first-order valence-electron chi connectivity index (χ1n) is 14.2. The Morgan fingerprint density at radius 2 is 1.28 bits per heavy atom. The van der Waals surface area contributed by atoms with Crippen LogP contribution in [-0.4, -0.2) is 11.4 Å². The molecular formula is C38H26N4S. The number of nitrogens with zero attached hydrogens (tertiary/aromatic N) is 2. The summed E-state index contributed by atoms with van der Waals surface area (Å²) >= 11 is 1.83. The Balaban J connectivity index is 1.22. The molecule has 0 aliphatic heterocycles. The van der Waals surface area contributed by atoms with Crippen molar-refractivity contribution in [1.82, 2.24) is 0 Å². The molecule has 204 valence electrons. The van der Waals surface area contributed by atoms with Crippen LogP contribution in [0.25, 0.3) is 37.0 Å². The molecule has 0 atom stereocenters. The second-order valence-electron chi connectivity index (χ2n) is 10.6. The maximum atomic E-state index is 9.07. The topological polar surface area (TPSA) is 51.5 Å². The molecule has 4 nitrogen and oxygen atoms in total. The molecule has 43 heavy (non-hydrogen) atoms. The van der Waals surface area contributed by atoms with Gasteiger partial charge in [0.15, 0.2) is 0 Å². The summed E-state index contributed by atoms with van der Waals surface area (Å²) in [4.78, 5) is 2.31. The molecule has 1 aliphatic rings. The molecule has 7 aromatic rings. The zero-order valence-electron chi connectivity index (χ0n) is 23.2. The second-order valence-corrected chi connectivity index (χ2v) is 11.7. The number of hydrogen-bond donors (Lipinski definition) is 2. The van der Waals surface area contributed by atoms with Gasteiger partial charge in [0.25, 0.3) is 0 Å². The minimum absolute atomic E-state index is 0.411. The third kappa shape index (κ3) is 4.47. The Morgan fingerprint density at radius 3 is 2.12 bits per heavy atom. The maximum absolute atomic E-state index is 9.07. The largest absolute Gasteiger partial charge is 0.310 e. The lowest BCUT2D eigenvalue weighted by Gasteiger charge is -2.26. The van der Waals surface area contributed by atoms with Crippen molar-refractivity contribution in [1.29, 1.82) is 5.41 Å². The third-order valence-corrected chi connectivity index (χ3v) is 9.07. The van der Waals surface area contributed by atoms with Crippen LogP contribution in [0.3, 0.4) is 0 Å². The molecule has 8 rings (SSSR count). The Bertz CT molecular complexity index is 2230. The van der Waals surface area contributed by atoms with E-state index in [2.05, 4.69) is 119 Å². The van der Waals surface area contributed by atoms with Gasteiger partial charge in [-0.05, 0) is 77.0 Å². The minimum Gasteiger partial charge on any atom is -0.310 e. The van der Waals surface area contributed by atoms with Gasteiger partial charge in [0.1, 0.15) is 5.71 Å². The summed E-state index contributed by atoms with van der Waals surface area (Å²) in [5.74, 6) is 0. The average Bonchev–Trinajstić information content (AvgIpc) is 3.43. The van der Waals surface area contributed by atoms with Crippen LogP contribution in [-0.2, 0) is 0 Å². The molecule has 1 heterocycles. The van der Waals surface area contributed by atoms with Gasteiger partial charge in [0.2, 0.25) is 0 Å². The first-order valence-corrected chi connectivity index (χ1v) is 15.0. The molecule has 0 unspecified atom stereocenters. The zero-order chi connectivity index (χ0) is 28.8. The first kappa shape index (κ1) is 25.2. The fourth-order valence-corrected chi connectivity index (χ4v) is 7.02. The summed E-state index contributed by atoms with van der Waals surface area (Å²) < 4.78 is 2.57. The van der Waals surface area contributed by atoms with Gasteiger partial charge in [0.05, 0.1) is 11.4 Å². The monoisotopic (exact) mass is 570 g/mol. The van der Waals surface area contributed by atoms with Crippen molar-refractivity contribution in [2.45, 2.75) is 0 Å². The molecular weight excluding hydrogens is 545 g/mol. The molecule has 1 aliphatic carbocycles. The quantitative estimate of drug-likeness (QED) is 0.202. The van der Waals surface area contributed by atoms with Crippen molar-refractivity contribution < 1.29 is 0 Å². The van der Waals surface area contributed by atoms with Crippen LogP contribution < -0.4 is 10.3 Å². The van der Waals surface area contributed by atoms with Crippen LogP contribution in [0.2, 0.25) is 0 Å². The highest BCUT2D eigenvalue weighted by molar-refractivity contribution is 7.25. The van der Waals surface area contributed by atoms with E-state index in [1.165, 1.54) is 20.2 Å². The first-order chi connectivity index (χ1) is 21.2. The third-order valence-electron chi connectivity index (χ3n) is 7.93. The number of thiophene rings is 1. The van der Waals surface area contributed by atoms with Crippen LogP contribution in [0.4, 0.5) is 22.7 Å². The van der Waals surface area contributed by atoms with Gasteiger partial charge in [0, 0.05) is 42.8 Å². The van der Waals surface area contributed by atoms with Gasteiger partial charge in [-0.1, -0.05) is 84.9 Å². The molecule has 2 N–H and O–H groups in total. The summed E-state index contributed by atoms with van der Waals surface area (Å²) in [6.45, 7) is 0. The van der Waals surface area contributed by atoms with E-state index < -0.39 is 0 Å². The predicted molar refractivity (Wildman–Crippen MR) is 185 cm³/mol. The fraction of sp³-hybridized carbons (Fsp3) is 0. The number of benzene rings is 6. The van der Waals surface area contributed by atoms with Crippen LogP contribution in [0, 0.1) is 5.41 Å². The summed E-state index contributed by atoms with van der Waals surface area (Å²) in [6.07, 6.45) is 3.95. The predicted octanol–water partition coefficient (Wildman–Crippen LogP) is 10.5. The number of para-hydroxylation sites is 2. The Labute approximate surface area is 253 Å². The lowest BCUT2D eigenvalue weighted by molar-refractivity contribution is 1.29. The molecule has 0 fully saturated rings. The van der Waals surface area contributed by atoms with E-state index in [0.717, 1.165) is 44.6 Å². The molecule has 0 bridgehead atoms. The smallest absolute Gasteiger partial charge is 0.109 e. The highest BCUT2D eigenvalue weighted by Crippen LogP contribution is 2.41. The highest BCUT2D eigenvalue weighted by Gasteiger charge is 2.21.